The van der Waals surface area contributed by atoms with Gasteiger partial charge in [-0.2, -0.15) is 0 Å². The summed E-state index contributed by atoms with van der Waals surface area (Å²) in [5.74, 6) is 0.616. The number of aromatic nitrogens is 1. The molecule has 0 unspecified atom stereocenters. The number of halogens is 2. The molecule has 1 aromatic carbocycles. The first-order valence-corrected chi connectivity index (χ1v) is 8.90. The van der Waals surface area contributed by atoms with Crippen molar-refractivity contribution in [1.29, 1.82) is 0 Å². The van der Waals surface area contributed by atoms with Crippen LogP contribution in [0.25, 0.3) is 0 Å². The Morgan fingerprint density at radius 2 is 2.00 bits per heavy atom. The molecule has 27 heavy (non-hydrogen) atoms. The van der Waals surface area contributed by atoms with Crippen LogP contribution < -0.4 is 10.6 Å². The van der Waals surface area contributed by atoms with Crippen LogP contribution >= 0.6 is 35.6 Å². The summed E-state index contributed by atoms with van der Waals surface area (Å²) in [4.78, 5) is 22.5. The minimum Gasteiger partial charge on any atom is -0.357 e. The number of hydrogen-bond donors (Lipinski definition) is 2. The summed E-state index contributed by atoms with van der Waals surface area (Å²) in [5, 5.41) is 6.83. The van der Waals surface area contributed by atoms with Gasteiger partial charge in [-0.1, -0.05) is 29.8 Å². The third kappa shape index (κ3) is 7.72. The first kappa shape index (κ1) is 23.2. The quantitative estimate of drug-likeness (QED) is 0.265. The highest BCUT2D eigenvalue weighted by molar-refractivity contribution is 14.0. The molecule has 2 rings (SSSR count). The molecule has 1 amide bonds. The standard InChI is InChI=1S/C19H24ClN5O.HI/c1-3-22-19(25(2)14-16-7-4-5-9-17(16)20)24-12-11-23-18(26)15-8-6-10-21-13-15;/h4-10,13H,3,11-12,14H2,1-2H3,(H,22,24)(H,23,26);1H. The van der Waals surface area contributed by atoms with Gasteiger partial charge in [-0.15, -0.1) is 24.0 Å². The van der Waals surface area contributed by atoms with E-state index in [9.17, 15) is 4.79 Å². The Morgan fingerprint density at radius 3 is 2.67 bits per heavy atom. The molecule has 0 spiro atoms. The Kier molecular flexibility index (Phi) is 10.7. The molecule has 6 nitrogen and oxygen atoms in total. The van der Waals surface area contributed by atoms with Gasteiger partial charge < -0.3 is 15.5 Å². The predicted octanol–water partition coefficient (Wildman–Crippen LogP) is 3.18. The lowest BCUT2D eigenvalue weighted by Crippen LogP contribution is -2.39. The van der Waals surface area contributed by atoms with Gasteiger partial charge in [0.1, 0.15) is 0 Å². The maximum Gasteiger partial charge on any atom is 0.252 e. The number of carbonyl (C=O) groups excluding carboxylic acids is 1. The van der Waals surface area contributed by atoms with E-state index in [1.807, 2.05) is 43.1 Å². The number of guanidine groups is 1. The van der Waals surface area contributed by atoms with E-state index < -0.39 is 0 Å². The number of hydrogen-bond acceptors (Lipinski definition) is 3. The molecule has 1 aromatic heterocycles. The Morgan fingerprint density at radius 1 is 1.22 bits per heavy atom. The first-order chi connectivity index (χ1) is 12.6. The normalized spacial score (nSPS) is 10.7. The van der Waals surface area contributed by atoms with Crippen LogP contribution in [0.3, 0.4) is 0 Å². The van der Waals surface area contributed by atoms with E-state index in [4.69, 9.17) is 11.6 Å². The molecule has 2 aromatic rings. The van der Waals surface area contributed by atoms with Crippen molar-refractivity contribution in [3.8, 4) is 0 Å². The smallest absolute Gasteiger partial charge is 0.252 e. The summed E-state index contributed by atoms with van der Waals surface area (Å²) in [7, 11) is 1.96. The molecule has 0 aliphatic rings. The van der Waals surface area contributed by atoms with E-state index in [2.05, 4.69) is 20.6 Å². The fourth-order valence-electron chi connectivity index (χ4n) is 2.36. The zero-order valence-corrected chi connectivity index (χ0v) is 18.6. The van der Waals surface area contributed by atoms with Crippen LogP contribution in [0.1, 0.15) is 22.8 Å². The molecule has 8 heteroatoms. The second kappa shape index (κ2) is 12.5. The number of nitrogens with one attached hydrogen (secondary N) is 2. The summed E-state index contributed by atoms with van der Waals surface area (Å²) in [6, 6.07) is 11.2. The van der Waals surface area contributed by atoms with Gasteiger partial charge in [-0.25, -0.2) is 0 Å². The van der Waals surface area contributed by atoms with Crippen molar-refractivity contribution in [2.75, 3.05) is 26.7 Å². The van der Waals surface area contributed by atoms with Crippen molar-refractivity contribution in [3.05, 3.63) is 64.9 Å². The van der Waals surface area contributed by atoms with Gasteiger partial charge in [0.15, 0.2) is 5.96 Å². The SMILES string of the molecule is CCNC(=NCCNC(=O)c1cccnc1)N(C)Cc1ccccc1Cl.I. The molecule has 0 saturated heterocycles. The Hall–Kier alpha value is -1.87. The van der Waals surface area contributed by atoms with Gasteiger partial charge in [-0.05, 0) is 30.7 Å². The van der Waals surface area contributed by atoms with E-state index in [1.54, 1.807) is 24.5 Å². The fraction of sp³-hybridized carbons (Fsp3) is 0.316. The van der Waals surface area contributed by atoms with E-state index in [0.29, 0.717) is 25.2 Å². The molecule has 2 N–H and O–H groups in total. The Balaban J connectivity index is 0.00000364. The van der Waals surface area contributed by atoms with Crippen LogP contribution in [0.4, 0.5) is 0 Å². The van der Waals surface area contributed by atoms with Crippen LogP contribution in [0.2, 0.25) is 5.02 Å². The molecule has 1 heterocycles. The number of aliphatic imine (C=N–C) groups is 1. The third-order valence-corrected chi connectivity index (χ3v) is 4.01. The highest BCUT2D eigenvalue weighted by Crippen LogP contribution is 2.16. The topological polar surface area (TPSA) is 69.6 Å². The number of rotatable bonds is 7. The highest BCUT2D eigenvalue weighted by atomic mass is 127. The number of amides is 1. The van der Waals surface area contributed by atoms with Crippen LogP contribution in [0.15, 0.2) is 53.8 Å². The Labute approximate surface area is 182 Å². The van der Waals surface area contributed by atoms with E-state index >= 15 is 0 Å². The maximum atomic E-state index is 12.0. The molecule has 146 valence electrons. The average molecular weight is 502 g/mol. The molecule has 0 radical (unpaired) electrons. The summed E-state index contributed by atoms with van der Waals surface area (Å²) in [6.45, 7) is 4.34. The van der Waals surface area contributed by atoms with Crippen LogP contribution in [0.5, 0.6) is 0 Å². The molecule has 0 aliphatic carbocycles. The zero-order chi connectivity index (χ0) is 18.8. The molecule has 0 fully saturated rings. The van der Waals surface area contributed by atoms with Crippen molar-refractivity contribution in [1.82, 2.24) is 20.5 Å². The van der Waals surface area contributed by atoms with Gasteiger partial charge in [0.25, 0.3) is 5.91 Å². The van der Waals surface area contributed by atoms with Crippen molar-refractivity contribution in [3.63, 3.8) is 0 Å². The first-order valence-electron chi connectivity index (χ1n) is 8.53. The van der Waals surface area contributed by atoms with Crippen LogP contribution in [-0.2, 0) is 6.54 Å². The molecule has 0 bridgehead atoms. The fourth-order valence-corrected chi connectivity index (χ4v) is 2.55. The van der Waals surface area contributed by atoms with Crippen molar-refractivity contribution >= 4 is 47.4 Å². The summed E-state index contributed by atoms with van der Waals surface area (Å²) in [6.07, 6.45) is 3.18. The largest absolute Gasteiger partial charge is 0.357 e. The summed E-state index contributed by atoms with van der Waals surface area (Å²) in [5.41, 5.74) is 1.58. The predicted molar refractivity (Wildman–Crippen MR) is 121 cm³/mol. The third-order valence-electron chi connectivity index (χ3n) is 3.64. The molecule has 0 saturated carbocycles. The maximum absolute atomic E-state index is 12.0. The summed E-state index contributed by atoms with van der Waals surface area (Å²) >= 11 is 6.23. The number of pyridine rings is 1. The van der Waals surface area contributed by atoms with Gasteiger partial charge in [0.05, 0.1) is 12.1 Å². The molecule has 0 atom stereocenters. The van der Waals surface area contributed by atoms with E-state index in [1.165, 1.54) is 0 Å². The van der Waals surface area contributed by atoms with Crippen LogP contribution in [0, 0.1) is 0 Å². The van der Waals surface area contributed by atoms with Crippen molar-refractivity contribution in [2.24, 2.45) is 4.99 Å². The second-order valence-electron chi connectivity index (χ2n) is 5.68. The lowest BCUT2D eigenvalue weighted by atomic mass is 10.2. The second-order valence-corrected chi connectivity index (χ2v) is 6.09. The number of nitrogens with zero attached hydrogens (tertiary/aromatic N) is 3. The van der Waals surface area contributed by atoms with Crippen molar-refractivity contribution < 1.29 is 4.79 Å². The summed E-state index contributed by atoms with van der Waals surface area (Å²) < 4.78 is 0. The van der Waals surface area contributed by atoms with Gasteiger partial charge in [0, 0.05) is 44.1 Å². The lowest BCUT2D eigenvalue weighted by molar-refractivity contribution is 0.0954. The van der Waals surface area contributed by atoms with Gasteiger partial charge in [0.2, 0.25) is 0 Å². The lowest BCUT2D eigenvalue weighted by Gasteiger charge is -2.22. The molecular formula is C19H25ClIN5O. The van der Waals surface area contributed by atoms with E-state index in [0.717, 1.165) is 23.1 Å². The zero-order valence-electron chi connectivity index (χ0n) is 15.5. The molecular weight excluding hydrogens is 477 g/mol. The number of benzene rings is 1. The van der Waals surface area contributed by atoms with Crippen LogP contribution in [-0.4, -0.2) is 48.4 Å². The number of carbonyl (C=O) groups is 1. The van der Waals surface area contributed by atoms with E-state index in [-0.39, 0.29) is 29.9 Å². The highest BCUT2D eigenvalue weighted by Gasteiger charge is 2.09. The van der Waals surface area contributed by atoms with Gasteiger partial charge in [-0.3, -0.25) is 14.8 Å². The Bertz CT molecular complexity index is 742. The average Bonchev–Trinajstić information content (AvgIpc) is 2.66. The van der Waals surface area contributed by atoms with Gasteiger partial charge >= 0.3 is 0 Å². The van der Waals surface area contributed by atoms with Crippen molar-refractivity contribution in [2.45, 2.75) is 13.5 Å². The minimum atomic E-state index is -0.150. The minimum absolute atomic E-state index is 0. The molecule has 0 aliphatic heterocycles. The monoisotopic (exact) mass is 501 g/mol.